The van der Waals surface area contributed by atoms with Gasteiger partial charge in [-0.3, -0.25) is 9.36 Å². The number of hydrogen-bond donors (Lipinski definition) is 0. The summed E-state index contributed by atoms with van der Waals surface area (Å²) in [5.74, 6) is 0.897. The summed E-state index contributed by atoms with van der Waals surface area (Å²) in [5.41, 5.74) is -0.291. The Balaban J connectivity index is 2.30. The smallest absolute Gasteiger partial charge is 0.269 e. The molecule has 0 radical (unpaired) electrons. The van der Waals surface area contributed by atoms with Crippen molar-refractivity contribution in [3.8, 4) is 0 Å². The molecule has 0 aliphatic carbocycles. The van der Waals surface area contributed by atoms with E-state index in [4.69, 9.17) is 16.0 Å². The van der Waals surface area contributed by atoms with Crippen molar-refractivity contribution in [3.05, 3.63) is 38.1 Å². The molecule has 0 aromatic carbocycles. The highest BCUT2D eigenvalue weighted by Gasteiger charge is 2.10. The molecule has 6 nitrogen and oxygen atoms in total. The van der Waals surface area contributed by atoms with E-state index in [1.54, 1.807) is 0 Å². The molecule has 0 saturated heterocycles. The summed E-state index contributed by atoms with van der Waals surface area (Å²) in [6, 6.07) is 0. The van der Waals surface area contributed by atoms with Crippen molar-refractivity contribution >= 4 is 27.5 Å². The Kier molecular flexibility index (Phi) is 3.58. The van der Waals surface area contributed by atoms with Gasteiger partial charge in [-0.1, -0.05) is 18.5 Å². The second-order valence-corrected chi connectivity index (χ2v) is 4.38. The second-order valence-electron chi connectivity index (χ2n) is 3.23. The third-order valence-electron chi connectivity index (χ3n) is 2.06. The number of aryl methyl sites for hydroxylation is 1. The Morgan fingerprint density at radius 2 is 2.18 bits per heavy atom. The van der Waals surface area contributed by atoms with E-state index in [2.05, 4.69) is 31.1 Å². The largest absolute Gasteiger partial charge is 0.423 e. The molecule has 0 bridgehead atoms. The number of hydrogen-bond acceptors (Lipinski definition) is 5. The van der Waals surface area contributed by atoms with Crippen LogP contribution in [0.15, 0.2) is 20.0 Å². The lowest BCUT2D eigenvalue weighted by atomic mass is 10.5. The molecule has 0 fully saturated rings. The quantitative estimate of drug-likeness (QED) is 0.804. The highest BCUT2D eigenvalue weighted by molar-refractivity contribution is 9.10. The molecule has 2 heterocycles. The topological polar surface area (TPSA) is 73.8 Å². The minimum Gasteiger partial charge on any atom is -0.423 e. The highest BCUT2D eigenvalue weighted by atomic mass is 79.9. The van der Waals surface area contributed by atoms with E-state index in [-0.39, 0.29) is 21.7 Å². The van der Waals surface area contributed by atoms with Crippen LogP contribution in [-0.4, -0.2) is 19.7 Å². The molecule has 0 N–H and O–H groups in total. The summed E-state index contributed by atoms with van der Waals surface area (Å²) >= 11 is 8.76. The fourth-order valence-electron chi connectivity index (χ4n) is 1.20. The molecule has 90 valence electrons. The normalized spacial score (nSPS) is 10.8. The molecular formula is C9H8BrClN4O2. The van der Waals surface area contributed by atoms with E-state index in [1.165, 1.54) is 10.9 Å². The first-order valence-electron chi connectivity index (χ1n) is 4.83. The minimum absolute atomic E-state index is 0.131. The van der Waals surface area contributed by atoms with Gasteiger partial charge in [0.25, 0.3) is 5.56 Å². The van der Waals surface area contributed by atoms with E-state index < -0.39 is 0 Å². The fraction of sp³-hybridized carbons (Fsp3) is 0.333. The van der Waals surface area contributed by atoms with E-state index in [0.717, 1.165) is 0 Å². The molecule has 2 aromatic rings. The Morgan fingerprint density at radius 3 is 2.82 bits per heavy atom. The summed E-state index contributed by atoms with van der Waals surface area (Å²) < 4.78 is 6.86. The van der Waals surface area contributed by atoms with Crippen LogP contribution in [0.1, 0.15) is 18.7 Å². The van der Waals surface area contributed by atoms with Gasteiger partial charge >= 0.3 is 0 Å². The Labute approximate surface area is 110 Å². The molecule has 0 aliphatic heterocycles. The lowest BCUT2D eigenvalue weighted by Gasteiger charge is -2.02. The third kappa shape index (κ3) is 2.55. The van der Waals surface area contributed by atoms with Crippen LogP contribution >= 0.6 is 27.5 Å². The molecule has 0 amide bonds. The fourth-order valence-corrected chi connectivity index (χ4v) is 1.65. The van der Waals surface area contributed by atoms with Crippen LogP contribution in [0, 0.1) is 0 Å². The van der Waals surface area contributed by atoms with Crippen molar-refractivity contribution < 1.29 is 4.42 Å². The van der Waals surface area contributed by atoms with E-state index in [0.29, 0.717) is 18.2 Å². The number of nitrogens with zero attached hydrogens (tertiary/aromatic N) is 4. The van der Waals surface area contributed by atoms with Crippen molar-refractivity contribution in [2.45, 2.75) is 19.9 Å². The van der Waals surface area contributed by atoms with Gasteiger partial charge < -0.3 is 4.42 Å². The molecule has 0 atom stereocenters. The summed E-state index contributed by atoms with van der Waals surface area (Å²) in [7, 11) is 0. The van der Waals surface area contributed by atoms with Gasteiger partial charge in [-0.05, 0) is 15.9 Å². The molecule has 2 rings (SSSR count). The average molecular weight is 320 g/mol. The Hall–Kier alpha value is -1.21. The summed E-state index contributed by atoms with van der Waals surface area (Å²) in [4.78, 5) is 15.6. The van der Waals surface area contributed by atoms with Crippen LogP contribution < -0.4 is 5.56 Å². The lowest BCUT2D eigenvalue weighted by Crippen LogP contribution is -2.22. The zero-order valence-electron chi connectivity index (χ0n) is 8.85. The summed E-state index contributed by atoms with van der Waals surface area (Å²) in [6.07, 6.45) is 2.00. The van der Waals surface area contributed by atoms with Crippen LogP contribution in [0.4, 0.5) is 0 Å². The Morgan fingerprint density at radius 1 is 1.47 bits per heavy atom. The van der Waals surface area contributed by atoms with Gasteiger partial charge in [0, 0.05) is 6.42 Å². The van der Waals surface area contributed by atoms with Crippen molar-refractivity contribution in [2.75, 3.05) is 0 Å². The SMILES string of the molecule is CCc1nnc(Cn2cnc(Cl)c(Br)c2=O)o1. The van der Waals surface area contributed by atoms with E-state index in [1.807, 2.05) is 6.92 Å². The minimum atomic E-state index is -0.291. The predicted molar refractivity (Wildman–Crippen MR) is 64.0 cm³/mol. The van der Waals surface area contributed by atoms with Crippen molar-refractivity contribution in [1.29, 1.82) is 0 Å². The highest BCUT2D eigenvalue weighted by Crippen LogP contribution is 2.14. The molecular weight excluding hydrogens is 311 g/mol. The number of aromatic nitrogens is 4. The van der Waals surface area contributed by atoms with Crippen molar-refractivity contribution in [1.82, 2.24) is 19.7 Å². The van der Waals surface area contributed by atoms with Crippen LogP contribution in [0.3, 0.4) is 0 Å². The molecule has 0 saturated carbocycles. The van der Waals surface area contributed by atoms with Gasteiger partial charge in [-0.15, -0.1) is 10.2 Å². The van der Waals surface area contributed by atoms with Gasteiger partial charge in [-0.2, -0.15) is 0 Å². The molecule has 2 aromatic heterocycles. The standard InChI is InChI=1S/C9H8BrClN4O2/c1-2-5-13-14-6(17-5)3-15-4-12-8(11)7(10)9(15)16/h4H,2-3H2,1H3. The molecule has 0 aliphatic rings. The summed E-state index contributed by atoms with van der Waals surface area (Å²) in [5, 5.41) is 7.76. The molecule has 17 heavy (non-hydrogen) atoms. The van der Waals surface area contributed by atoms with E-state index in [9.17, 15) is 4.79 Å². The van der Waals surface area contributed by atoms with E-state index >= 15 is 0 Å². The van der Waals surface area contributed by atoms with Crippen LogP contribution in [0.25, 0.3) is 0 Å². The van der Waals surface area contributed by atoms with Gasteiger partial charge in [0.05, 0.1) is 6.33 Å². The Bertz CT molecular complexity index is 595. The number of rotatable bonds is 3. The first-order valence-corrected chi connectivity index (χ1v) is 6.00. The van der Waals surface area contributed by atoms with Gasteiger partial charge in [0.15, 0.2) is 5.15 Å². The number of halogens is 2. The maximum atomic E-state index is 11.8. The molecule has 0 unspecified atom stereocenters. The maximum absolute atomic E-state index is 11.8. The zero-order chi connectivity index (χ0) is 12.4. The first-order chi connectivity index (χ1) is 8.11. The first kappa shape index (κ1) is 12.3. The lowest BCUT2D eigenvalue weighted by molar-refractivity contribution is 0.438. The van der Waals surface area contributed by atoms with Gasteiger partial charge in [0.1, 0.15) is 11.0 Å². The monoisotopic (exact) mass is 318 g/mol. The average Bonchev–Trinajstić information content (AvgIpc) is 2.78. The molecule has 8 heteroatoms. The molecule has 0 spiro atoms. The van der Waals surface area contributed by atoms with Gasteiger partial charge in [-0.25, -0.2) is 4.98 Å². The second kappa shape index (κ2) is 4.97. The van der Waals surface area contributed by atoms with Crippen LogP contribution in [0.2, 0.25) is 5.15 Å². The van der Waals surface area contributed by atoms with Crippen molar-refractivity contribution in [3.63, 3.8) is 0 Å². The van der Waals surface area contributed by atoms with Crippen molar-refractivity contribution in [2.24, 2.45) is 0 Å². The predicted octanol–water partition coefficient (Wildman–Crippen LogP) is 1.65. The van der Waals surface area contributed by atoms with Crippen LogP contribution in [0.5, 0.6) is 0 Å². The van der Waals surface area contributed by atoms with Gasteiger partial charge in [0.2, 0.25) is 11.8 Å². The maximum Gasteiger partial charge on any atom is 0.269 e. The van der Waals surface area contributed by atoms with Crippen LogP contribution in [-0.2, 0) is 13.0 Å². The summed E-state index contributed by atoms with van der Waals surface area (Å²) in [6.45, 7) is 2.08. The third-order valence-corrected chi connectivity index (χ3v) is 3.29. The zero-order valence-corrected chi connectivity index (χ0v) is 11.2.